The van der Waals surface area contributed by atoms with Crippen molar-refractivity contribution < 1.29 is 28.7 Å². The number of rotatable bonds is 9. The van der Waals surface area contributed by atoms with Gasteiger partial charge in [0, 0.05) is 26.9 Å². The van der Waals surface area contributed by atoms with Gasteiger partial charge in [-0.25, -0.2) is 5.84 Å². The summed E-state index contributed by atoms with van der Waals surface area (Å²) in [5.74, 6) is 4.28. The Morgan fingerprint density at radius 3 is 2.03 bits per heavy atom. The van der Waals surface area contributed by atoms with E-state index in [-0.39, 0.29) is 49.5 Å². The van der Waals surface area contributed by atoms with E-state index in [1.54, 1.807) is 24.3 Å². The van der Waals surface area contributed by atoms with Crippen molar-refractivity contribution in [2.75, 3.05) is 26.3 Å². The highest BCUT2D eigenvalue weighted by molar-refractivity contribution is 6.21. The molecule has 2 rings (SSSR count). The van der Waals surface area contributed by atoms with Crippen molar-refractivity contribution in [3.63, 3.8) is 0 Å². The first-order valence-electron chi connectivity index (χ1n) is 8.94. The molecule has 0 unspecified atom stereocenters. The summed E-state index contributed by atoms with van der Waals surface area (Å²) < 4.78 is 9.80. The van der Waals surface area contributed by atoms with Crippen molar-refractivity contribution in [1.82, 2.24) is 9.91 Å². The van der Waals surface area contributed by atoms with Gasteiger partial charge in [0.1, 0.15) is 13.2 Å². The van der Waals surface area contributed by atoms with Crippen LogP contribution in [0.25, 0.3) is 0 Å². The zero-order valence-electron chi connectivity index (χ0n) is 16.3. The fraction of sp³-hybridized carbons (Fsp3) is 0.368. The standard InChI is InChI=1S/C19H24N4O6/c1-12(24)28-10-16(20)17(11-29-13(2)25)23(21)9-5-8-22-18(26)14-6-3-4-7-15(14)19(22)27/h3-4,6-7H,5,8-11,20-21H2,1-2H3/b17-16-. The minimum atomic E-state index is -0.526. The van der Waals surface area contributed by atoms with Crippen molar-refractivity contribution in [2.24, 2.45) is 11.6 Å². The monoisotopic (exact) mass is 404 g/mol. The number of imide groups is 1. The number of carbonyl (C=O) groups is 4. The predicted molar refractivity (Wildman–Crippen MR) is 102 cm³/mol. The van der Waals surface area contributed by atoms with E-state index in [2.05, 4.69) is 0 Å². The number of ether oxygens (including phenoxy) is 2. The first-order chi connectivity index (χ1) is 13.7. The molecule has 1 heterocycles. The van der Waals surface area contributed by atoms with Crippen LogP contribution < -0.4 is 11.6 Å². The molecule has 10 nitrogen and oxygen atoms in total. The molecule has 0 saturated carbocycles. The SMILES string of the molecule is CC(=O)OC/C(N)=C(\COC(C)=O)N(N)CCCN1C(=O)c2ccccc2C1=O. The van der Waals surface area contributed by atoms with Gasteiger partial charge >= 0.3 is 11.9 Å². The molecule has 10 heteroatoms. The summed E-state index contributed by atoms with van der Waals surface area (Å²) in [6.07, 6.45) is 0.354. The minimum Gasteiger partial charge on any atom is -0.459 e. The quantitative estimate of drug-likeness (QED) is 0.254. The molecule has 0 saturated heterocycles. The number of nitrogens with two attached hydrogens (primary N) is 2. The Labute approximate surface area is 168 Å². The average Bonchev–Trinajstić information content (AvgIpc) is 2.91. The maximum Gasteiger partial charge on any atom is 0.303 e. The van der Waals surface area contributed by atoms with Crippen molar-refractivity contribution in [2.45, 2.75) is 20.3 Å². The molecule has 0 fully saturated rings. The van der Waals surface area contributed by atoms with Crippen LogP contribution in [0.1, 0.15) is 41.0 Å². The third-order valence-corrected chi connectivity index (χ3v) is 4.22. The van der Waals surface area contributed by atoms with E-state index < -0.39 is 11.9 Å². The summed E-state index contributed by atoms with van der Waals surface area (Å²) in [5.41, 5.74) is 7.07. The van der Waals surface area contributed by atoms with Crippen LogP contribution in [-0.4, -0.2) is 60.0 Å². The third kappa shape index (κ3) is 5.55. The lowest BCUT2D eigenvalue weighted by Gasteiger charge is -2.24. The Morgan fingerprint density at radius 2 is 1.52 bits per heavy atom. The first kappa shape index (κ1) is 21.9. The number of hydrogen-bond acceptors (Lipinski definition) is 9. The van der Waals surface area contributed by atoms with Crippen LogP contribution >= 0.6 is 0 Å². The number of benzene rings is 1. The number of carbonyl (C=O) groups excluding carboxylic acids is 4. The fourth-order valence-electron chi connectivity index (χ4n) is 2.77. The number of hydrogen-bond donors (Lipinski definition) is 2. The van der Waals surface area contributed by atoms with Crippen LogP contribution in [0, 0.1) is 0 Å². The van der Waals surface area contributed by atoms with E-state index in [1.165, 1.54) is 18.9 Å². The van der Waals surface area contributed by atoms with Gasteiger partial charge < -0.3 is 20.2 Å². The lowest BCUT2D eigenvalue weighted by Crippen LogP contribution is -2.39. The van der Waals surface area contributed by atoms with Crippen molar-refractivity contribution in [3.05, 3.63) is 46.8 Å². The lowest BCUT2D eigenvalue weighted by molar-refractivity contribution is -0.141. The van der Waals surface area contributed by atoms with Crippen molar-refractivity contribution in [1.29, 1.82) is 0 Å². The fourth-order valence-corrected chi connectivity index (χ4v) is 2.77. The zero-order valence-corrected chi connectivity index (χ0v) is 16.3. The second kappa shape index (κ2) is 9.69. The second-order valence-electron chi connectivity index (χ2n) is 6.39. The maximum atomic E-state index is 12.4. The number of nitrogens with zero attached hydrogens (tertiary/aromatic N) is 2. The average molecular weight is 404 g/mol. The third-order valence-electron chi connectivity index (χ3n) is 4.22. The molecule has 29 heavy (non-hydrogen) atoms. The van der Waals surface area contributed by atoms with Crippen LogP contribution in [0.4, 0.5) is 0 Å². The van der Waals surface area contributed by atoms with E-state index in [1.807, 2.05) is 0 Å². The first-order valence-corrected chi connectivity index (χ1v) is 8.94. The molecule has 1 aliphatic heterocycles. The van der Waals surface area contributed by atoms with Gasteiger partial charge in [0.2, 0.25) is 0 Å². The highest BCUT2D eigenvalue weighted by Crippen LogP contribution is 2.22. The Balaban J connectivity index is 1.99. The van der Waals surface area contributed by atoms with Gasteiger partial charge in [-0.1, -0.05) is 12.1 Å². The number of amides is 2. The smallest absolute Gasteiger partial charge is 0.303 e. The number of esters is 2. The number of fused-ring (bicyclic) bond motifs is 1. The largest absolute Gasteiger partial charge is 0.459 e. The summed E-state index contributed by atoms with van der Waals surface area (Å²) in [5, 5.41) is 1.25. The van der Waals surface area contributed by atoms with Gasteiger partial charge in [0.15, 0.2) is 0 Å². The number of hydrazine groups is 1. The van der Waals surface area contributed by atoms with E-state index in [4.69, 9.17) is 21.1 Å². The van der Waals surface area contributed by atoms with Crippen LogP contribution in [0.15, 0.2) is 35.7 Å². The van der Waals surface area contributed by atoms with Crippen molar-refractivity contribution in [3.8, 4) is 0 Å². The van der Waals surface area contributed by atoms with Gasteiger partial charge in [-0.2, -0.15) is 0 Å². The molecule has 0 atom stereocenters. The highest BCUT2D eigenvalue weighted by atomic mass is 16.5. The Kier molecular flexibility index (Phi) is 7.32. The normalized spacial score (nSPS) is 13.7. The zero-order chi connectivity index (χ0) is 21.6. The van der Waals surface area contributed by atoms with Gasteiger partial charge in [-0.3, -0.25) is 24.1 Å². The summed E-state index contributed by atoms with van der Waals surface area (Å²) >= 11 is 0. The maximum absolute atomic E-state index is 12.4. The minimum absolute atomic E-state index is 0.129. The molecular formula is C19H24N4O6. The van der Waals surface area contributed by atoms with Crippen LogP contribution in [0.3, 0.4) is 0 Å². The van der Waals surface area contributed by atoms with Gasteiger partial charge in [-0.05, 0) is 18.6 Å². The molecule has 0 radical (unpaired) electrons. The molecule has 0 aromatic heterocycles. The van der Waals surface area contributed by atoms with E-state index in [0.29, 0.717) is 17.5 Å². The van der Waals surface area contributed by atoms with Crippen LogP contribution in [-0.2, 0) is 19.1 Å². The summed E-state index contributed by atoms with van der Waals surface area (Å²) in [6.45, 7) is 2.43. The predicted octanol–water partition coefficient (Wildman–Crippen LogP) is 0.145. The second-order valence-corrected chi connectivity index (χ2v) is 6.39. The molecule has 2 amide bonds. The highest BCUT2D eigenvalue weighted by Gasteiger charge is 2.34. The molecule has 0 spiro atoms. The molecule has 4 N–H and O–H groups in total. The van der Waals surface area contributed by atoms with Crippen LogP contribution in [0.2, 0.25) is 0 Å². The topological polar surface area (TPSA) is 145 Å². The molecule has 1 aromatic rings. The molecular weight excluding hydrogens is 380 g/mol. The molecule has 1 aliphatic rings. The summed E-state index contributed by atoms with van der Waals surface area (Å²) in [6, 6.07) is 6.63. The van der Waals surface area contributed by atoms with Gasteiger partial charge in [0.25, 0.3) is 11.8 Å². The van der Waals surface area contributed by atoms with Gasteiger partial charge in [-0.15, -0.1) is 0 Å². The summed E-state index contributed by atoms with van der Waals surface area (Å²) in [7, 11) is 0. The van der Waals surface area contributed by atoms with Gasteiger partial charge in [0.05, 0.1) is 22.5 Å². The van der Waals surface area contributed by atoms with E-state index in [0.717, 1.165) is 4.90 Å². The van der Waals surface area contributed by atoms with E-state index >= 15 is 0 Å². The Bertz CT molecular complexity index is 816. The Hall–Kier alpha value is -3.40. The van der Waals surface area contributed by atoms with Crippen LogP contribution in [0.5, 0.6) is 0 Å². The summed E-state index contributed by atoms with van der Waals surface area (Å²) in [4.78, 5) is 48.0. The molecule has 0 aliphatic carbocycles. The molecule has 1 aromatic carbocycles. The molecule has 0 bridgehead atoms. The Morgan fingerprint density at radius 1 is 1.00 bits per heavy atom. The van der Waals surface area contributed by atoms with Crippen molar-refractivity contribution >= 4 is 23.8 Å². The molecule has 156 valence electrons. The van der Waals surface area contributed by atoms with E-state index in [9.17, 15) is 19.2 Å². The lowest BCUT2D eigenvalue weighted by atomic mass is 10.1.